The van der Waals surface area contributed by atoms with E-state index in [9.17, 15) is 4.79 Å². The third-order valence-electron chi connectivity index (χ3n) is 0.143. The highest BCUT2D eigenvalue weighted by atomic mass is 16.4. The first-order chi connectivity index (χ1) is 2.64. The number of aliphatic carboxylic acids is 1. The Morgan fingerprint density at radius 1 is 2.40 bits per heavy atom. The van der Waals surface area contributed by atoms with Crippen molar-refractivity contribution >= 4 is 5.97 Å². The van der Waals surface area contributed by atoms with Crippen LogP contribution in [0.5, 0.6) is 0 Å². The Morgan fingerprint density at radius 3 is 2.60 bits per heavy atom. The average Bonchev–Trinajstić information content (AvgIpc) is 1.36. The van der Waals surface area contributed by atoms with Gasteiger partial charge in [-0.05, 0) is 0 Å². The van der Waals surface area contributed by atoms with Gasteiger partial charge >= 0.3 is 5.97 Å². The molecule has 1 atom stereocenters. The zero-order chi connectivity index (χ0) is 5.15. The molecule has 30 valence electrons. The van der Waals surface area contributed by atoms with Crippen LogP contribution in [0.4, 0.5) is 0 Å². The standard InChI is InChI=1S/C2H5NO2/c3-1-2(4)5/h1,3H2,(H,4,5)/i1T/t1-/m1/s1. The van der Waals surface area contributed by atoms with Crippen molar-refractivity contribution in [2.45, 2.75) is 0 Å². The van der Waals surface area contributed by atoms with Crippen LogP contribution in [-0.4, -0.2) is 17.6 Å². The molecule has 3 N–H and O–H groups in total. The van der Waals surface area contributed by atoms with E-state index in [-0.39, 0.29) is 0 Å². The summed E-state index contributed by atoms with van der Waals surface area (Å²) < 4.78 is 6.21. The summed E-state index contributed by atoms with van der Waals surface area (Å²) in [5.41, 5.74) is 4.50. The average molecular weight is 77.1 g/mol. The summed E-state index contributed by atoms with van der Waals surface area (Å²) in [6.45, 7) is -1.48. The Bertz CT molecular complexity index is 62.6. The molecule has 0 aromatic rings. The Morgan fingerprint density at radius 2 is 2.60 bits per heavy atom. The summed E-state index contributed by atoms with van der Waals surface area (Å²) in [4.78, 5) is 9.39. The number of nitrogens with two attached hydrogens (primary N) is 1. The molecule has 0 fully saturated rings. The maximum absolute atomic E-state index is 9.39. The monoisotopic (exact) mass is 77.0 g/mol. The topological polar surface area (TPSA) is 63.3 Å². The quantitative estimate of drug-likeness (QED) is 0.423. The highest BCUT2D eigenvalue weighted by Gasteiger charge is 1.81. The molecule has 0 aliphatic heterocycles. The third-order valence-corrected chi connectivity index (χ3v) is 0.143. The van der Waals surface area contributed by atoms with Gasteiger partial charge in [0.2, 0.25) is 0 Å². The Labute approximate surface area is 30.8 Å². The van der Waals surface area contributed by atoms with Crippen LogP contribution in [0.25, 0.3) is 0 Å². The third kappa shape index (κ3) is 3.43. The number of carboxylic acid groups (broad SMARTS) is 1. The van der Waals surface area contributed by atoms with Gasteiger partial charge in [-0.2, -0.15) is 0 Å². The molecule has 0 amide bonds. The molecule has 0 saturated heterocycles. The number of hydrogen-bond donors (Lipinski definition) is 2. The van der Waals surface area contributed by atoms with Crippen molar-refractivity contribution in [3.05, 3.63) is 0 Å². The van der Waals surface area contributed by atoms with Crippen LogP contribution < -0.4 is 5.73 Å². The Balaban J connectivity index is 3.26. The van der Waals surface area contributed by atoms with Gasteiger partial charge < -0.3 is 10.8 Å². The minimum absolute atomic E-state index is 1.30. The van der Waals surface area contributed by atoms with E-state index in [0.29, 0.717) is 0 Å². The van der Waals surface area contributed by atoms with E-state index in [2.05, 4.69) is 5.73 Å². The van der Waals surface area contributed by atoms with Crippen molar-refractivity contribution in [3.63, 3.8) is 0 Å². The first-order valence-corrected chi connectivity index (χ1v) is 1.05. The van der Waals surface area contributed by atoms with Crippen molar-refractivity contribution in [2.24, 2.45) is 5.73 Å². The molecule has 0 aromatic carbocycles. The smallest absolute Gasteiger partial charge is 0.317 e. The first-order valence-electron chi connectivity index (χ1n) is 1.63. The van der Waals surface area contributed by atoms with Gasteiger partial charge in [-0.3, -0.25) is 4.79 Å². The molecule has 0 bridgehead atoms. The van der Waals surface area contributed by atoms with Gasteiger partial charge in [0.25, 0.3) is 0 Å². The Hall–Kier alpha value is -0.570. The van der Waals surface area contributed by atoms with Crippen LogP contribution >= 0.6 is 0 Å². The number of carboxylic acids is 1. The van der Waals surface area contributed by atoms with Crippen molar-refractivity contribution in [1.29, 1.82) is 0 Å². The summed E-state index contributed by atoms with van der Waals surface area (Å²) in [5, 5.41) is 7.68. The van der Waals surface area contributed by atoms with E-state index in [4.69, 9.17) is 6.48 Å². The lowest BCUT2D eigenvalue weighted by molar-refractivity contribution is -0.135. The molecular weight excluding hydrogens is 70.0 g/mol. The molecule has 0 heterocycles. The molecule has 0 aliphatic carbocycles. The summed E-state index contributed by atoms with van der Waals surface area (Å²) in [7, 11) is 0. The fourth-order valence-corrected chi connectivity index (χ4v) is 0. The molecule has 0 saturated carbocycles. The highest BCUT2D eigenvalue weighted by molar-refractivity contribution is 5.68. The molecule has 5 heavy (non-hydrogen) atoms. The van der Waals surface area contributed by atoms with Gasteiger partial charge in [0.05, 0.1) is 7.89 Å². The van der Waals surface area contributed by atoms with E-state index in [1.165, 1.54) is 0 Å². The van der Waals surface area contributed by atoms with Gasteiger partial charge in [0.1, 0.15) is 0 Å². The van der Waals surface area contributed by atoms with Crippen molar-refractivity contribution in [3.8, 4) is 0 Å². The van der Waals surface area contributed by atoms with Gasteiger partial charge in [-0.25, -0.2) is 0 Å². The minimum Gasteiger partial charge on any atom is -0.480 e. The van der Waals surface area contributed by atoms with Crippen molar-refractivity contribution in [1.82, 2.24) is 0 Å². The lowest BCUT2D eigenvalue weighted by Crippen LogP contribution is -2.10. The number of hydrogen-bond acceptors (Lipinski definition) is 2. The lowest BCUT2D eigenvalue weighted by atomic mass is 10.7. The molecule has 3 heteroatoms. The number of carbonyl (C=O) groups is 1. The summed E-state index contributed by atoms with van der Waals surface area (Å²) in [6, 6.07) is 0. The normalized spacial score (nSPS) is 16.6. The van der Waals surface area contributed by atoms with Gasteiger partial charge in [-0.1, -0.05) is 0 Å². The van der Waals surface area contributed by atoms with Crippen LogP contribution in [0.2, 0.25) is 0 Å². The van der Waals surface area contributed by atoms with Crippen LogP contribution in [0.1, 0.15) is 1.37 Å². The molecule has 0 rings (SSSR count). The SMILES string of the molecule is [3H][C@@H](N)C(=O)O. The second-order valence-electron chi connectivity index (χ2n) is 0.505. The fourth-order valence-electron chi connectivity index (χ4n) is 0. The maximum Gasteiger partial charge on any atom is 0.317 e. The fraction of sp³-hybridized carbons (Fsp3) is 0.500. The van der Waals surface area contributed by atoms with Crippen LogP contribution in [-0.2, 0) is 4.79 Å². The van der Waals surface area contributed by atoms with E-state index >= 15 is 0 Å². The Kier molecular flexibility index (Phi) is 0.914. The molecule has 0 aromatic heterocycles. The van der Waals surface area contributed by atoms with Gasteiger partial charge in [-0.15, -0.1) is 0 Å². The molecule has 3 nitrogen and oxygen atoms in total. The highest BCUT2D eigenvalue weighted by Crippen LogP contribution is 1.43. The first kappa shape index (κ1) is 2.66. The molecular formula is C2H5NO2. The van der Waals surface area contributed by atoms with Crippen LogP contribution in [0.3, 0.4) is 0 Å². The van der Waals surface area contributed by atoms with E-state index in [0.717, 1.165) is 0 Å². The summed E-state index contributed by atoms with van der Waals surface area (Å²) >= 11 is 0. The molecule has 0 radical (unpaired) electrons. The lowest BCUT2D eigenvalue weighted by Gasteiger charge is -1.73. The van der Waals surface area contributed by atoms with Gasteiger partial charge in [0, 0.05) is 0 Å². The second-order valence-corrected chi connectivity index (χ2v) is 0.505. The van der Waals surface area contributed by atoms with E-state index in [1.54, 1.807) is 0 Å². The van der Waals surface area contributed by atoms with Crippen molar-refractivity contribution < 1.29 is 11.3 Å². The zero-order valence-electron chi connectivity index (χ0n) is 3.51. The summed E-state index contributed by atoms with van der Waals surface area (Å²) in [5.74, 6) is -1.30. The zero-order valence-corrected chi connectivity index (χ0v) is 2.51. The van der Waals surface area contributed by atoms with Crippen molar-refractivity contribution in [2.75, 3.05) is 6.52 Å². The predicted octanol–water partition coefficient (Wildman–Crippen LogP) is -0.970. The van der Waals surface area contributed by atoms with Crippen LogP contribution in [0, 0.1) is 0 Å². The molecule has 0 unspecified atom stereocenters. The summed E-state index contributed by atoms with van der Waals surface area (Å²) in [6.07, 6.45) is 0. The van der Waals surface area contributed by atoms with Gasteiger partial charge in [0.15, 0.2) is 0 Å². The second kappa shape index (κ2) is 1.72. The predicted molar refractivity (Wildman–Crippen MR) is 16.7 cm³/mol. The minimum atomic E-state index is -1.48. The van der Waals surface area contributed by atoms with E-state index in [1.807, 2.05) is 0 Å². The molecule has 0 aliphatic rings. The molecule has 0 spiro atoms. The van der Waals surface area contributed by atoms with Crippen LogP contribution in [0.15, 0.2) is 0 Å². The number of rotatable bonds is 1. The van der Waals surface area contributed by atoms with E-state index < -0.39 is 12.5 Å². The largest absolute Gasteiger partial charge is 0.480 e. The maximum atomic E-state index is 9.39.